The van der Waals surface area contributed by atoms with E-state index in [-0.39, 0.29) is 18.7 Å². The molecule has 0 amide bonds. The molecule has 0 aliphatic heterocycles. The minimum Gasteiger partial charge on any atom is -0.491 e. The van der Waals surface area contributed by atoms with Gasteiger partial charge >= 0.3 is 0 Å². The van der Waals surface area contributed by atoms with E-state index in [9.17, 15) is 10.2 Å². The van der Waals surface area contributed by atoms with Crippen molar-refractivity contribution in [1.29, 1.82) is 0 Å². The smallest absolute Gasteiger partial charge is 0.119 e. The first kappa shape index (κ1) is 27.2. The molecule has 5 nitrogen and oxygen atoms in total. The molecular weight excluding hydrogens is 460 g/mol. The summed E-state index contributed by atoms with van der Waals surface area (Å²) < 4.78 is 5.61. The molecule has 3 aromatic carbocycles. The number of halogens is 1. The van der Waals surface area contributed by atoms with E-state index in [0.29, 0.717) is 18.1 Å². The number of para-hydroxylation sites is 1. The Balaban J connectivity index is 1.34. The van der Waals surface area contributed by atoms with Crippen LogP contribution >= 0.6 is 11.6 Å². The van der Waals surface area contributed by atoms with E-state index in [4.69, 9.17) is 16.3 Å². The number of ether oxygens (including phenoxy) is 1. The van der Waals surface area contributed by atoms with Gasteiger partial charge in [-0.15, -0.1) is 0 Å². The van der Waals surface area contributed by atoms with Gasteiger partial charge in [0.25, 0.3) is 0 Å². The number of hydrogen-bond acceptors (Lipinski definition) is 5. The van der Waals surface area contributed by atoms with Gasteiger partial charge in [0.1, 0.15) is 18.5 Å². The molecule has 3 aromatic rings. The molecule has 0 aromatic heterocycles. The molecule has 35 heavy (non-hydrogen) atoms. The quantitative estimate of drug-likeness (QED) is 0.263. The lowest BCUT2D eigenvalue weighted by molar-refractivity contribution is 0.104. The molecule has 0 bridgehead atoms. The SMILES string of the molecule is CC(Cc1ccc(CC(C)NC[C@@H](O)COc2ccccc2)cc1)NCC(O)c1cccc(Cl)c1. The van der Waals surface area contributed by atoms with Crippen molar-refractivity contribution >= 4 is 11.6 Å². The standard InChI is InChI=1S/C29H37ClN2O3/c1-21(31-18-27(33)20-35-28-9-4-3-5-10-28)15-23-11-13-24(14-12-23)16-22(2)32-19-29(34)25-7-6-8-26(30)17-25/h3-14,17,21-22,27,29,31-34H,15-16,18-20H2,1-2H3/t21?,22?,27-,29?/m1/s1. The van der Waals surface area contributed by atoms with Gasteiger partial charge in [0.2, 0.25) is 0 Å². The second kappa shape index (κ2) is 14.2. The minimum absolute atomic E-state index is 0.231. The van der Waals surface area contributed by atoms with Gasteiger partial charge in [-0.2, -0.15) is 0 Å². The normalized spacial score (nSPS) is 14.8. The van der Waals surface area contributed by atoms with E-state index in [1.165, 1.54) is 11.1 Å². The van der Waals surface area contributed by atoms with Crippen molar-refractivity contribution in [2.75, 3.05) is 19.7 Å². The molecule has 3 unspecified atom stereocenters. The number of nitrogens with one attached hydrogen (secondary N) is 2. The molecule has 0 spiro atoms. The maximum Gasteiger partial charge on any atom is 0.119 e. The van der Waals surface area contributed by atoms with E-state index in [2.05, 4.69) is 48.7 Å². The summed E-state index contributed by atoms with van der Waals surface area (Å²) in [4.78, 5) is 0. The van der Waals surface area contributed by atoms with E-state index < -0.39 is 12.2 Å². The topological polar surface area (TPSA) is 73.8 Å². The third-order valence-electron chi connectivity index (χ3n) is 5.89. The number of aliphatic hydroxyl groups excluding tert-OH is 2. The lowest BCUT2D eigenvalue weighted by atomic mass is 10.0. The van der Waals surface area contributed by atoms with Crippen LogP contribution in [-0.4, -0.2) is 48.1 Å². The Hall–Kier alpha value is -2.41. The number of hydrogen-bond donors (Lipinski definition) is 4. The molecule has 4 N–H and O–H groups in total. The van der Waals surface area contributed by atoms with Gasteiger partial charge in [-0.1, -0.05) is 66.2 Å². The highest BCUT2D eigenvalue weighted by atomic mass is 35.5. The van der Waals surface area contributed by atoms with Gasteiger partial charge < -0.3 is 25.6 Å². The first-order valence-electron chi connectivity index (χ1n) is 12.2. The van der Waals surface area contributed by atoms with Gasteiger partial charge in [0.15, 0.2) is 0 Å². The minimum atomic E-state index is -0.587. The van der Waals surface area contributed by atoms with Crippen LogP contribution < -0.4 is 15.4 Å². The highest BCUT2D eigenvalue weighted by Gasteiger charge is 2.12. The lowest BCUT2D eigenvalue weighted by Crippen LogP contribution is -2.37. The van der Waals surface area contributed by atoms with Crippen molar-refractivity contribution in [2.45, 2.75) is 51.0 Å². The fourth-order valence-electron chi connectivity index (χ4n) is 3.91. The van der Waals surface area contributed by atoms with Crippen LogP contribution in [0, 0.1) is 0 Å². The average molecular weight is 497 g/mol. The third-order valence-corrected chi connectivity index (χ3v) is 6.12. The first-order valence-corrected chi connectivity index (χ1v) is 12.6. The van der Waals surface area contributed by atoms with Crippen molar-refractivity contribution in [3.05, 3.63) is 101 Å². The van der Waals surface area contributed by atoms with E-state index in [1.807, 2.05) is 42.5 Å². The van der Waals surface area contributed by atoms with Crippen molar-refractivity contribution in [2.24, 2.45) is 0 Å². The molecule has 0 heterocycles. The Kier molecular flexibility index (Phi) is 11.0. The maximum absolute atomic E-state index is 10.4. The summed E-state index contributed by atoms with van der Waals surface area (Å²) in [7, 11) is 0. The molecule has 188 valence electrons. The van der Waals surface area contributed by atoms with Crippen molar-refractivity contribution in [1.82, 2.24) is 10.6 Å². The fourth-order valence-corrected chi connectivity index (χ4v) is 4.11. The van der Waals surface area contributed by atoms with Crippen LogP contribution in [0.15, 0.2) is 78.9 Å². The number of benzene rings is 3. The number of aliphatic hydroxyl groups is 2. The summed E-state index contributed by atoms with van der Waals surface area (Å²) in [6.45, 7) is 5.47. The molecule has 0 aliphatic rings. The fraction of sp³-hybridized carbons (Fsp3) is 0.379. The van der Waals surface area contributed by atoms with Crippen LogP contribution in [0.25, 0.3) is 0 Å². The Bertz CT molecular complexity index is 1000. The lowest BCUT2D eigenvalue weighted by Gasteiger charge is -2.19. The molecule has 0 aliphatic carbocycles. The van der Waals surface area contributed by atoms with E-state index in [0.717, 1.165) is 24.2 Å². The van der Waals surface area contributed by atoms with Crippen LogP contribution in [0.3, 0.4) is 0 Å². The van der Waals surface area contributed by atoms with Crippen LogP contribution in [0.5, 0.6) is 5.75 Å². The largest absolute Gasteiger partial charge is 0.491 e. The highest BCUT2D eigenvalue weighted by Crippen LogP contribution is 2.17. The van der Waals surface area contributed by atoms with Crippen molar-refractivity contribution < 1.29 is 14.9 Å². The molecular formula is C29H37ClN2O3. The second-order valence-electron chi connectivity index (χ2n) is 9.19. The van der Waals surface area contributed by atoms with Crippen LogP contribution in [0.1, 0.15) is 36.6 Å². The maximum atomic E-state index is 10.4. The average Bonchev–Trinajstić information content (AvgIpc) is 2.86. The van der Waals surface area contributed by atoms with Gasteiger partial charge in [0.05, 0.1) is 6.10 Å². The van der Waals surface area contributed by atoms with E-state index >= 15 is 0 Å². The molecule has 6 heteroatoms. The Labute approximate surface area is 214 Å². The number of rotatable bonds is 14. The summed E-state index contributed by atoms with van der Waals surface area (Å²) in [5.74, 6) is 0.765. The summed E-state index contributed by atoms with van der Waals surface area (Å²) in [6, 6.07) is 26.0. The first-order chi connectivity index (χ1) is 16.9. The zero-order valence-corrected chi connectivity index (χ0v) is 21.3. The molecule has 0 fully saturated rings. The van der Waals surface area contributed by atoms with Crippen molar-refractivity contribution in [3.8, 4) is 5.75 Å². The zero-order valence-electron chi connectivity index (χ0n) is 20.5. The predicted octanol–water partition coefficient (Wildman–Crippen LogP) is 4.55. The second-order valence-corrected chi connectivity index (χ2v) is 9.63. The van der Waals surface area contributed by atoms with E-state index in [1.54, 1.807) is 12.1 Å². The van der Waals surface area contributed by atoms with Crippen LogP contribution in [0.4, 0.5) is 0 Å². The molecule has 0 saturated heterocycles. The monoisotopic (exact) mass is 496 g/mol. The van der Waals surface area contributed by atoms with Crippen LogP contribution in [0.2, 0.25) is 5.02 Å². The summed E-state index contributed by atoms with van der Waals surface area (Å²) in [6.07, 6.45) is 0.609. The zero-order chi connectivity index (χ0) is 25.0. The highest BCUT2D eigenvalue weighted by molar-refractivity contribution is 6.30. The van der Waals surface area contributed by atoms with Gasteiger partial charge in [-0.25, -0.2) is 0 Å². The molecule has 0 radical (unpaired) electrons. The molecule has 4 atom stereocenters. The Morgan fingerprint density at radius 2 is 1.37 bits per heavy atom. The molecule has 0 saturated carbocycles. The summed E-state index contributed by atoms with van der Waals surface area (Å²) in [5, 5.41) is 28.0. The van der Waals surface area contributed by atoms with Gasteiger partial charge in [-0.3, -0.25) is 0 Å². The molecule has 3 rings (SSSR count). The van der Waals surface area contributed by atoms with Gasteiger partial charge in [0, 0.05) is 30.2 Å². The van der Waals surface area contributed by atoms with Crippen LogP contribution in [-0.2, 0) is 12.8 Å². The predicted molar refractivity (Wildman–Crippen MR) is 143 cm³/mol. The summed E-state index contributed by atoms with van der Waals surface area (Å²) in [5.41, 5.74) is 3.32. The van der Waals surface area contributed by atoms with Gasteiger partial charge in [-0.05, 0) is 67.6 Å². The Morgan fingerprint density at radius 1 is 0.771 bits per heavy atom. The van der Waals surface area contributed by atoms with Crippen molar-refractivity contribution in [3.63, 3.8) is 0 Å². The Morgan fingerprint density at radius 3 is 1.97 bits per heavy atom. The summed E-state index contributed by atoms with van der Waals surface area (Å²) >= 11 is 6.02. The third kappa shape index (κ3) is 10.0.